The fourth-order valence-corrected chi connectivity index (χ4v) is 3.63. The summed E-state index contributed by atoms with van der Waals surface area (Å²) in [7, 11) is 0. The average molecular weight is 278 g/mol. The van der Waals surface area contributed by atoms with Crippen LogP contribution in [0.15, 0.2) is 0 Å². The summed E-state index contributed by atoms with van der Waals surface area (Å²) in [4.78, 5) is 2.41. The molecule has 0 aliphatic carbocycles. The lowest BCUT2D eigenvalue weighted by Gasteiger charge is -2.33. The highest BCUT2D eigenvalue weighted by atomic mass is 16.3. The molecule has 1 aromatic rings. The van der Waals surface area contributed by atoms with Gasteiger partial charge in [0, 0.05) is 32.0 Å². The van der Waals surface area contributed by atoms with Crippen molar-refractivity contribution in [3.8, 4) is 0 Å². The number of aromatic nitrogens is 3. The number of rotatable bonds is 5. The van der Waals surface area contributed by atoms with Gasteiger partial charge in [0.25, 0.3) is 0 Å². The average Bonchev–Trinajstić information content (AvgIpc) is 3.01. The normalized spacial score (nSPS) is 24.8. The SMILES string of the molecule is CCC[C@H](O)CN1CCC[C@H](c2nnc3n2CCC3)C1. The van der Waals surface area contributed by atoms with Crippen LogP contribution in [0.4, 0.5) is 0 Å². The Bertz CT molecular complexity index is 445. The molecule has 3 rings (SSSR count). The van der Waals surface area contributed by atoms with Crippen molar-refractivity contribution in [2.24, 2.45) is 0 Å². The van der Waals surface area contributed by atoms with Gasteiger partial charge in [-0.15, -0.1) is 10.2 Å². The van der Waals surface area contributed by atoms with Gasteiger partial charge in [-0.05, 0) is 32.2 Å². The van der Waals surface area contributed by atoms with E-state index in [-0.39, 0.29) is 6.10 Å². The lowest BCUT2D eigenvalue weighted by Crippen LogP contribution is -2.40. The molecule has 2 aliphatic heterocycles. The summed E-state index contributed by atoms with van der Waals surface area (Å²) in [5.74, 6) is 2.85. The number of aliphatic hydroxyl groups excluding tert-OH is 1. The van der Waals surface area contributed by atoms with Gasteiger partial charge in [0.15, 0.2) is 0 Å². The smallest absolute Gasteiger partial charge is 0.137 e. The van der Waals surface area contributed by atoms with E-state index in [1.165, 1.54) is 30.9 Å². The van der Waals surface area contributed by atoms with Crippen molar-refractivity contribution < 1.29 is 5.11 Å². The molecular formula is C15H26N4O. The van der Waals surface area contributed by atoms with E-state index >= 15 is 0 Å². The van der Waals surface area contributed by atoms with Crippen molar-refractivity contribution in [3.63, 3.8) is 0 Å². The van der Waals surface area contributed by atoms with Crippen molar-refractivity contribution in [3.05, 3.63) is 11.6 Å². The number of fused-ring (bicyclic) bond motifs is 1. The van der Waals surface area contributed by atoms with E-state index < -0.39 is 0 Å². The second-order valence-corrected chi connectivity index (χ2v) is 6.27. The molecule has 1 N–H and O–H groups in total. The van der Waals surface area contributed by atoms with Crippen molar-refractivity contribution in [2.45, 2.75) is 64.0 Å². The van der Waals surface area contributed by atoms with Crippen LogP contribution in [0.5, 0.6) is 0 Å². The first-order valence-corrected chi connectivity index (χ1v) is 8.10. The summed E-state index contributed by atoms with van der Waals surface area (Å²) in [5.41, 5.74) is 0. The third-order valence-electron chi connectivity index (χ3n) is 4.60. The minimum atomic E-state index is -0.178. The van der Waals surface area contributed by atoms with Crippen molar-refractivity contribution in [1.29, 1.82) is 0 Å². The van der Waals surface area contributed by atoms with Gasteiger partial charge in [-0.25, -0.2) is 0 Å². The van der Waals surface area contributed by atoms with Crippen LogP contribution in [0.2, 0.25) is 0 Å². The summed E-state index contributed by atoms with van der Waals surface area (Å²) >= 11 is 0. The monoisotopic (exact) mass is 278 g/mol. The van der Waals surface area contributed by atoms with Gasteiger partial charge in [0.1, 0.15) is 11.6 Å². The molecule has 1 saturated heterocycles. The van der Waals surface area contributed by atoms with Gasteiger partial charge in [-0.1, -0.05) is 13.3 Å². The van der Waals surface area contributed by atoms with Gasteiger partial charge in [0.2, 0.25) is 0 Å². The number of hydrogen-bond donors (Lipinski definition) is 1. The van der Waals surface area contributed by atoms with Gasteiger partial charge in [0.05, 0.1) is 6.10 Å². The Morgan fingerprint density at radius 2 is 2.20 bits per heavy atom. The number of aliphatic hydroxyl groups is 1. The summed E-state index contributed by atoms with van der Waals surface area (Å²) in [6, 6.07) is 0. The van der Waals surface area contributed by atoms with E-state index in [0.717, 1.165) is 45.4 Å². The highest BCUT2D eigenvalue weighted by Gasteiger charge is 2.28. The third-order valence-corrected chi connectivity index (χ3v) is 4.60. The molecule has 0 aromatic carbocycles. The largest absolute Gasteiger partial charge is 0.392 e. The minimum absolute atomic E-state index is 0.178. The van der Waals surface area contributed by atoms with Crippen LogP contribution in [0.25, 0.3) is 0 Å². The second kappa shape index (κ2) is 6.22. The molecule has 1 aromatic heterocycles. The Hall–Kier alpha value is -0.940. The number of β-amino-alcohol motifs (C(OH)–C–C–N with tert-alkyl or cyclic N) is 1. The maximum atomic E-state index is 10.00. The van der Waals surface area contributed by atoms with Crippen LogP contribution in [0, 0.1) is 0 Å². The minimum Gasteiger partial charge on any atom is -0.392 e. The highest BCUT2D eigenvalue weighted by molar-refractivity contribution is 5.07. The zero-order valence-corrected chi connectivity index (χ0v) is 12.5. The summed E-state index contributed by atoms with van der Waals surface area (Å²) < 4.78 is 2.33. The quantitative estimate of drug-likeness (QED) is 0.888. The van der Waals surface area contributed by atoms with E-state index in [4.69, 9.17) is 0 Å². The van der Waals surface area contributed by atoms with Crippen molar-refractivity contribution in [2.75, 3.05) is 19.6 Å². The Morgan fingerprint density at radius 1 is 1.30 bits per heavy atom. The first kappa shape index (κ1) is 14.0. The Labute approximate surface area is 121 Å². The topological polar surface area (TPSA) is 54.2 Å². The second-order valence-electron chi connectivity index (χ2n) is 6.27. The molecule has 3 heterocycles. The molecule has 0 saturated carbocycles. The van der Waals surface area contributed by atoms with Crippen molar-refractivity contribution in [1.82, 2.24) is 19.7 Å². The predicted molar refractivity (Wildman–Crippen MR) is 77.7 cm³/mol. The zero-order valence-electron chi connectivity index (χ0n) is 12.5. The maximum absolute atomic E-state index is 10.00. The Morgan fingerprint density at radius 3 is 3.05 bits per heavy atom. The number of aryl methyl sites for hydroxylation is 1. The van der Waals surface area contributed by atoms with Gasteiger partial charge >= 0.3 is 0 Å². The molecule has 0 amide bonds. The lowest BCUT2D eigenvalue weighted by molar-refractivity contribution is 0.0876. The highest BCUT2D eigenvalue weighted by Crippen LogP contribution is 2.28. The molecule has 112 valence electrons. The van der Waals surface area contributed by atoms with Crippen LogP contribution in [0.3, 0.4) is 0 Å². The Kier molecular flexibility index (Phi) is 4.36. The van der Waals surface area contributed by atoms with Gasteiger partial charge in [-0.3, -0.25) is 0 Å². The van der Waals surface area contributed by atoms with E-state index in [1.54, 1.807) is 0 Å². The standard InChI is InChI=1S/C15H26N4O/c1-2-5-13(20)11-18-8-3-6-12(10-18)15-17-16-14-7-4-9-19(14)15/h12-13,20H,2-11H2,1H3/t12-,13-/m0/s1. The number of piperidine rings is 1. The molecule has 5 nitrogen and oxygen atoms in total. The van der Waals surface area contributed by atoms with Crippen LogP contribution in [-0.2, 0) is 13.0 Å². The fraction of sp³-hybridized carbons (Fsp3) is 0.867. The molecule has 0 bridgehead atoms. The summed E-state index contributed by atoms with van der Waals surface area (Å²) in [6.07, 6.45) is 6.48. The number of hydrogen-bond acceptors (Lipinski definition) is 4. The van der Waals surface area contributed by atoms with Crippen molar-refractivity contribution >= 4 is 0 Å². The molecule has 0 spiro atoms. The molecule has 2 atom stereocenters. The molecule has 5 heteroatoms. The molecule has 2 aliphatic rings. The molecule has 1 fully saturated rings. The van der Waals surface area contributed by atoms with Crippen LogP contribution in [-0.4, -0.2) is 50.5 Å². The number of likely N-dealkylation sites (tertiary alicyclic amines) is 1. The number of nitrogens with zero attached hydrogens (tertiary/aromatic N) is 4. The van der Waals surface area contributed by atoms with Crippen LogP contribution < -0.4 is 0 Å². The van der Waals surface area contributed by atoms with E-state index in [0.29, 0.717) is 5.92 Å². The fourth-order valence-electron chi connectivity index (χ4n) is 3.63. The third kappa shape index (κ3) is 2.88. The van der Waals surface area contributed by atoms with E-state index in [2.05, 4.69) is 26.6 Å². The summed E-state index contributed by atoms with van der Waals surface area (Å²) in [6.45, 7) is 6.16. The first-order valence-electron chi connectivity index (χ1n) is 8.10. The zero-order chi connectivity index (χ0) is 13.9. The van der Waals surface area contributed by atoms with E-state index in [9.17, 15) is 5.11 Å². The molecule has 0 radical (unpaired) electrons. The van der Waals surface area contributed by atoms with E-state index in [1.807, 2.05) is 0 Å². The predicted octanol–water partition coefficient (Wildman–Crippen LogP) is 1.56. The molecular weight excluding hydrogens is 252 g/mol. The van der Waals surface area contributed by atoms with Crippen LogP contribution >= 0.6 is 0 Å². The Balaban J connectivity index is 1.63. The maximum Gasteiger partial charge on any atom is 0.137 e. The summed E-state index contributed by atoms with van der Waals surface area (Å²) in [5, 5.41) is 18.8. The first-order chi connectivity index (χ1) is 9.78. The van der Waals surface area contributed by atoms with Gasteiger partial charge in [-0.2, -0.15) is 0 Å². The van der Waals surface area contributed by atoms with Gasteiger partial charge < -0.3 is 14.6 Å². The van der Waals surface area contributed by atoms with Crippen LogP contribution in [0.1, 0.15) is 56.6 Å². The molecule has 0 unspecified atom stereocenters. The lowest BCUT2D eigenvalue weighted by atomic mass is 9.96. The molecule has 20 heavy (non-hydrogen) atoms.